The second-order valence-electron chi connectivity index (χ2n) is 35.8. The fraction of sp³-hybridized carbons (Fsp3) is 0.387. The van der Waals surface area contributed by atoms with E-state index in [-0.39, 0.29) is 159 Å². The molecule has 5 N–H and O–H groups in total. The SMILES string of the molecule is CC(=O)OI1(C)(OC(C)=O)OC(=O)c2ccccc21.CC(C)(C)c1cc2cc(CC(=O)C3(c4ccc5c(c4)OC(F)(F)O5)CC3)ccc2n1CC(=O)C(=O)O.CC(C)(C)c1cc2cc(CC(=O)C3(c4ccc5c(c4)OC(F)(F)O5)CC3)ccc2n1CC(O)C(=O)O.CC(C)(C)c1cc2cc(CC(=O)C3(c4ccc5c(c4)OC(F)(F)O5)CC3)ccc2n1CC(O)CO.[B].[H-].[Na+]. The number of ketones is 4. The number of fused-ring (bicyclic) bond motifs is 7. The van der Waals surface area contributed by atoms with E-state index in [9.17, 15) is 89.9 Å². The van der Waals surface area contributed by atoms with Crippen molar-refractivity contribution in [2.75, 3.05) is 11.5 Å². The quantitative estimate of drug-likeness (QED) is 0.0131. The van der Waals surface area contributed by atoms with Crippen LogP contribution in [0.4, 0.5) is 26.3 Å². The van der Waals surface area contributed by atoms with Gasteiger partial charge < -0.3 is 69.1 Å². The summed E-state index contributed by atoms with van der Waals surface area (Å²) in [6, 6.07) is 42.9. The summed E-state index contributed by atoms with van der Waals surface area (Å²) in [4.78, 5) is 111. The first-order valence-corrected chi connectivity index (χ1v) is 46.4. The molecule has 17 rings (SSSR count). The molecule has 3 fully saturated rings. The summed E-state index contributed by atoms with van der Waals surface area (Å²) in [5, 5.41) is 50.3. The van der Waals surface area contributed by atoms with Gasteiger partial charge in [-0.15, -0.1) is 26.3 Å². The van der Waals surface area contributed by atoms with E-state index in [1.165, 1.54) is 55.2 Å². The van der Waals surface area contributed by atoms with Gasteiger partial charge in [-0.1, -0.05) is 98.7 Å². The number of Topliss-reactive ketones (excluding diaryl/α,β-unsaturated/α-hetero) is 4. The predicted molar refractivity (Wildman–Crippen MR) is 459 cm³/mol. The maximum atomic E-state index is 13.4. The normalized spacial score (nSPS) is 18.1. The molecule has 128 heavy (non-hydrogen) atoms. The number of nitrogens with zero attached hydrogens (tertiary/aromatic N) is 3. The van der Waals surface area contributed by atoms with Crippen molar-refractivity contribution in [2.45, 2.75) is 217 Å². The Morgan fingerprint density at radius 1 is 0.469 bits per heavy atom. The smallest absolute Gasteiger partial charge is 1.00 e. The standard InChI is InChI=1S/C27H27F2NO6.C27H25F2NO6.C27H29F2NO5.C12H13IO6.B.Na.H/c2*1-25(2,3)22-12-16-10-15(4-6-18(16)30(22)14-19(31)24(33)34)11-23(32)26(8-9-26)17-5-7-20-21(13-17)36-27(28,29)35-20;1-25(2,3)23-12-17-10-16(4-6-20(17)30(23)14-19(32)15-31)11-24(33)26(8-9-26)18-5-7-21-22(13-18)35-27(28,29)34-21;1-8(14)17-13(3,18-9(2)15)11-7-5-4-6-10(11)12(16)19-13;;;/h4-7,10,12-13,19,31H,8-9,11,14H2,1-3H3,(H,33,34);4-7,10,12-13H,8-9,11,14H2,1-3H3,(H,33,34);4-7,10,12-13,19,31-32H,8-9,11,14-15H2,1-3H3;4-7H,1-3H3;;;/q;;;;;+1;-1. The van der Waals surface area contributed by atoms with Crippen LogP contribution in [0.2, 0.25) is 0 Å². The number of ether oxygens (including phenoxy) is 6. The number of halogens is 7. The Hall–Kier alpha value is -10.8. The van der Waals surface area contributed by atoms with Crippen LogP contribution in [0.5, 0.6) is 34.5 Å². The van der Waals surface area contributed by atoms with Crippen LogP contribution in [0.15, 0.2) is 152 Å². The zero-order valence-electron chi connectivity index (χ0n) is 73.4. The number of alkyl halides is 7. The van der Waals surface area contributed by atoms with Crippen LogP contribution < -0.4 is 58.0 Å². The minimum Gasteiger partial charge on any atom is -1.00 e. The maximum Gasteiger partial charge on any atom is 1.00 e. The Bertz CT molecular complexity index is 6150. The third-order valence-corrected chi connectivity index (χ3v) is 31.4. The molecule has 0 saturated heterocycles. The predicted octanol–water partition coefficient (Wildman–Crippen LogP) is 12.6. The molecule has 3 aromatic heterocycles. The minimum atomic E-state index is -5.01. The Labute approximate surface area is 759 Å². The minimum absolute atomic E-state index is 0. The summed E-state index contributed by atoms with van der Waals surface area (Å²) < 4.78 is 129. The number of aliphatic hydroxyl groups excluding tert-OH is 3. The number of aliphatic hydroxyl groups is 3. The molecular weight excluding hydrogens is 1800 g/mol. The van der Waals surface area contributed by atoms with Crippen LogP contribution in [-0.2, 0) is 119 Å². The van der Waals surface area contributed by atoms with Crippen LogP contribution in [0.3, 0.4) is 0 Å². The molecule has 3 saturated carbocycles. The van der Waals surface area contributed by atoms with Gasteiger partial charge in [0.25, 0.3) is 5.78 Å². The number of rotatable bonds is 23. The van der Waals surface area contributed by atoms with Crippen molar-refractivity contribution in [3.8, 4) is 34.5 Å². The number of aromatic nitrogens is 3. The van der Waals surface area contributed by atoms with Gasteiger partial charge in [0, 0.05) is 93.7 Å². The monoisotopic (exact) mass is 1900 g/mol. The number of benzene rings is 7. The average molecular weight is 1900 g/mol. The number of carbonyl (C=O) groups excluding carboxylic acids is 7. The molecule has 35 heteroatoms. The van der Waals surface area contributed by atoms with E-state index in [4.69, 9.17) is 14.3 Å². The molecule has 3 aliphatic carbocycles. The second-order valence-corrected chi connectivity index (χ2v) is 44.4. The number of carboxylic acid groups (broad SMARTS) is 2. The van der Waals surface area contributed by atoms with E-state index in [1.54, 1.807) is 59.2 Å². The molecule has 7 heterocycles. The van der Waals surface area contributed by atoms with Crippen molar-refractivity contribution in [1.29, 1.82) is 0 Å². The first-order valence-electron chi connectivity index (χ1n) is 40.5. The van der Waals surface area contributed by atoms with Crippen LogP contribution >= 0.6 is 18.3 Å². The first kappa shape index (κ1) is 96.3. The van der Waals surface area contributed by atoms with E-state index in [2.05, 4.69) is 55.3 Å². The average Bonchev–Trinajstić information content (AvgIpc) is 1.54. The maximum absolute atomic E-state index is 13.4. The number of hydrogen-bond acceptors (Lipinski definition) is 21. The largest absolute Gasteiger partial charge is 1.00 e. The summed E-state index contributed by atoms with van der Waals surface area (Å²) in [5.74, 6) is -5.99. The van der Waals surface area contributed by atoms with Crippen LogP contribution in [0.1, 0.15) is 177 Å². The van der Waals surface area contributed by atoms with E-state index < -0.39 is 101 Å². The molecule has 0 bridgehead atoms. The molecule has 7 aromatic carbocycles. The zero-order valence-corrected chi connectivity index (χ0v) is 76.6. The van der Waals surface area contributed by atoms with Crippen molar-refractivity contribution in [1.82, 2.24) is 13.7 Å². The van der Waals surface area contributed by atoms with Crippen LogP contribution in [-0.4, -0.2) is 143 Å². The molecule has 4 aliphatic heterocycles. The molecular formula is C93H95BF6IN3NaO23. The Morgan fingerprint density at radius 2 is 0.797 bits per heavy atom. The van der Waals surface area contributed by atoms with Gasteiger partial charge in [0.1, 0.15) is 17.3 Å². The van der Waals surface area contributed by atoms with E-state index in [0.717, 1.165) is 61.0 Å². The Balaban J connectivity index is 0.000000169. The number of hydrogen-bond donors (Lipinski definition) is 5. The molecule has 0 amide bonds. The molecule has 673 valence electrons. The fourth-order valence-electron chi connectivity index (χ4n) is 16.7. The van der Waals surface area contributed by atoms with Gasteiger partial charge >= 0.3 is 172 Å². The van der Waals surface area contributed by atoms with Gasteiger partial charge in [-0.2, -0.15) is 0 Å². The zero-order chi connectivity index (χ0) is 91.5. The molecule has 3 radical (unpaired) electrons. The summed E-state index contributed by atoms with van der Waals surface area (Å²) >= 11 is -5.01. The van der Waals surface area contributed by atoms with Crippen molar-refractivity contribution >= 4 is 112 Å². The fourth-order valence-corrected chi connectivity index (χ4v) is 24.4. The summed E-state index contributed by atoms with van der Waals surface area (Å²) in [6.07, 6.45) is -9.19. The molecule has 2 unspecified atom stereocenters. The van der Waals surface area contributed by atoms with E-state index in [0.29, 0.717) is 64.3 Å². The summed E-state index contributed by atoms with van der Waals surface area (Å²) in [6.45, 7) is 20.2. The molecule has 7 aliphatic rings. The first-order chi connectivity index (χ1) is 58.7. The van der Waals surface area contributed by atoms with Crippen molar-refractivity contribution < 1.29 is 164 Å². The van der Waals surface area contributed by atoms with Gasteiger partial charge in [-0.25, -0.2) is 9.59 Å². The molecule has 2 atom stereocenters. The van der Waals surface area contributed by atoms with Crippen molar-refractivity contribution in [3.63, 3.8) is 0 Å². The van der Waals surface area contributed by atoms with Gasteiger partial charge in [0.05, 0.1) is 48.6 Å². The van der Waals surface area contributed by atoms with Crippen molar-refractivity contribution in [3.05, 3.63) is 211 Å². The number of carboxylic acids is 2. The molecule has 26 nitrogen and oxygen atoms in total. The van der Waals surface area contributed by atoms with Crippen molar-refractivity contribution in [2.24, 2.45) is 0 Å². The van der Waals surface area contributed by atoms with Gasteiger partial charge in [-0.05, 0) is 163 Å². The van der Waals surface area contributed by atoms with Gasteiger partial charge in [0.2, 0.25) is 0 Å². The third-order valence-electron chi connectivity index (χ3n) is 23.2. The number of aliphatic carboxylic acids is 2. The summed E-state index contributed by atoms with van der Waals surface area (Å²) in [5.41, 5.74) is 6.74. The van der Waals surface area contributed by atoms with Gasteiger partial charge in [0.15, 0.2) is 40.6 Å². The Morgan fingerprint density at radius 3 is 1.12 bits per heavy atom. The van der Waals surface area contributed by atoms with Gasteiger partial charge in [-0.3, -0.25) is 19.2 Å². The third kappa shape index (κ3) is 19.6. The molecule has 10 aromatic rings. The second kappa shape index (κ2) is 34.6. The number of carbonyl (C=O) groups is 9. The Kier molecular flexibility index (Phi) is 26.0. The van der Waals surface area contributed by atoms with Crippen LogP contribution in [0, 0.1) is 3.57 Å². The topological polar surface area (TPSA) is 353 Å². The van der Waals surface area contributed by atoms with E-state index in [1.807, 2.05) is 105 Å². The summed E-state index contributed by atoms with van der Waals surface area (Å²) in [7, 11) is 0. The van der Waals surface area contributed by atoms with E-state index >= 15 is 0 Å². The molecule has 0 spiro atoms. The van der Waals surface area contributed by atoms with Crippen LogP contribution in [0.25, 0.3) is 32.7 Å².